The highest BCUT2D eigenvalue weighted by atomic mass is 16.3. The Balaban J connectivity index is 1.47. The fourth-order valence-corrected chi connectivity index (χ4v) is 7.17. The van der Waals surface area contributed by atoms with E-state index in [0.717, 1.165) is 49.5 Å². The Labute approximate surface area is 234 Å². The lowest BCUT2D eigenvalue weighted by atomic mass is 9.90. The van der Waals surface area contributed by atoms with E-state index in [-0.39, 0.29) is 0 Å². The van der Waals surface area contributed by atoms with Crippen LogP contribution < -0.4 is 0 Å². The fraction of sp³-hybridized carbons (Fsp3) is 0. The molecule has 0 unspecified atom stereocenters. The van der Waals surface area contributed by atoms with Gasteiger partial charge in [-0.1, -0.05) is 121 Å². The second-order valence-corrected chi connectivity index (χ2v) is 11.1. The average Bonchev–Trinajstić information content (AvgIpc) is 3.62. The number of aromatic nitrogens is 1. The van der Waals surface area contributed by atoms with Crippen LogP contribution in [-0.2, 0) is 0 Å². The van der Waals surface area contributed by atoms with Gasteiger partial charge in [-0.2, -0.15) is 0 Å². The molecule has 2 heteroatoms. The Bertz CT molecular complexity index is 2700. The minimum Gasteiger partial charge on any atom is -0.455 e. The topological polar surface area (TPSA) is 26.0 Å². The van der Waals surface area contributed by atoms with E-state index in [0.29, 0.717) is 0 Å². The van der Waals surface area contributed by atoms with Gasteiger partial charge in [0.1, 0.15) is 11.2 Å². The summed E-state index contributed by atoms with van der Waals surface area (Å²) < 4.78 is 6.70. The molecule has 3 aromatic heterocycles. The summed E-state index contributed by atoms with van der Waals surface area (Å²) in [6.07, 6.45) is 0. The molecule has 0 radical (unpaired) electrons. The number of rotatable bonds is 1. The number of pyridine rings is 1. The predicted molar refractivity (Wildman–Crippen MR) is 173 cm³/mol. The Hall–Kier alpha value is -5.47. The molecule has 0 fully saturated rings. The molecule has 10 rings (SSSR count). The molecule has 2 nitrogen and oxygen atoms in total. The molecule has 3 heterocycles. The molecule has 0 saturated heterocycles. The maximum Gasteiger partial charge on any atom is 0.145 e. The first-order valence-corrected chi connectivity index (χ1v) is 14.1. The van der Waals surface area contributed by atoms with Crippen molar-refractivity contribution in [1.82, 2.24) is 4.98 Å². The van der Waals surface area contributed by atoms with Crippen LogP contribution in [0.5, 0.6) is 0 Å². The van der Waals surface area contributed by atoms with Gasteiger partial charge in [0.2, 0.25) is 0 Å². The summed E-state index contributed by atoms with van der Waals surface area (Å²) in [5.74, 6) is 0. The van der Waals surface area contributed by atoms with Gasteiger partial charge in [0, 0.05) is 32.5 Å². The van der Waals surface area contributed by atoms with Crippen LogP contribution >= 0.6 is 0 Å². The molecule has 7 aromatic carbocycles. The van der Waals surface area contributed by atoms with Gasteiger partial charge in [-0.3, -0.25) is 0 Å². The summed E-state index contributed by atoms with van der Waals surface area (Å²) >= 11 is 0. The summed E-state index contributed by atoms with van der Waals surface area (Å²) in [6.45, 7) is 0. The largest absolute Gasteiger partial charge is 0.455 e. The summed E-state index contributed by atoms with van der Waals surface area (Å²) in [4.78, 5) is 5.56. The third-order valence-electron chi connectivity index (χ3n) is 8.96. The standard InChI is InChI=1S/C39H21NO/c1-2-10-25-22(9-1)17-18-23-19-20-24(21-32(23)25)36-35-34(38-30-15-7-8-16-31(30)39(35)41-38)33-28-13-5-3-11-26(28)27-12-4-6-14-29(27)37(33)40-36/h1-21H. The zero-order valence-electron chi connectivity index (χ0n) is 22.0. The van der Waals surface area contributed by atoms with Crippen molar-refractivity contribution in [1.29, 1.82) is 0 Å². The Kier molecular flexibility index (Phi) is 3.95. The normalized spacial score (nSPS) is 12.4. The van der Waals surface area contributed by atoms with Crippen LogP contribution in [0.4, 0.5) is 0 Å². The summed E-state index contributed by atoms with van der Waals surface area (Å²) in [6, 6.07) is 45.7. The van der Waals surface area contributed by atoms with Crippen molar-refractivity contribution < 1.29 is 4.42 Å². The maximum atomic E-state index is 6.70. The second kappa shape index (κ2) is 7.59. The minimum atomic E-state index is 0.922. The summed E-state index contributed by atoms with van der Waals surface area (Å²) in [5.41, 5.74) is 4.97. The maximum absolute atomic E-state index is 6.70. The highest BCUT2D eigenvalue weighted by Gasteiger charge is 2.26. The van der Waals surface area contributed by atoms with E-state index in [9.17, 15) is 0 Å². The van der Waals surface area contributed by atoms with Crippen LogP contribution in [0.15, 0.2) is 132 Å². The smallest absolute Gasteiger partial charge is 0.145 e. The van der Waals surface area contributed by atoms with Crippen molar-refractivity contribution in [2.75, 3.05) is 0 Å². The lowest BCUT2D eigenvalue weighted by Gasteiger charge is -2.15. The van der Waals surface area contributed by atoms with Gasteiger partial charge >= 0.3 is 0 Å². The third kappa shape index (κ3) is 2.69. The van der Waals surface area contributed by atoms with Crippen LogP contribution in [0, 0.1) is 0 Å². The van der Waals surface area contributed by atoms with E-state index in [1.165, 1.54) is 48.5 Å². The van der Waals surface area contributed by atoms with E-state index in [1.807, 2.05) is 0 Å². The first-order chi connectivity index (χ1) is 20.3. The van der Waals surface area contributed by atoms with Crippen molar-refractivity contribution in [3.63, 3.8) is 0 Å². The van der Waals surface area contributed by atoms with Crippen molar-refractivity contribution in [3.05, 3.63) is 127 Å². The molecule has 0 atom stereocenters. The number of nitrogens with zero attached hydrogens (tertiary/aromatic N) is 1. The minimum absolute atomic E-state index is 0.922. The van der Waals surface area contributed by atoms with Gasteiger partial charge in [0.05, 0.1) is 16.6 Å². The molecule has 0 N–H and O–H groups in total. The molecule has 2 bridgehead atoms. The van der Waals surface area contributed by atoms with Crippen LogP contribution in [-0.4, -0.2) is 4.98 Å². The predicted octanol–water partition coefficient (Wildman–Crippen LogP) is 11.0. The van der Waals surface area contributed by atoms with E-state index < -0.39 is 0 Å². The van der Waals surface area contributed by atoms with Crippen LogP contribution in [0.1, 0.15) is 0 Å². The molecule has 0 aliphatic rings. The number of hydrogen-bond acceptors (Lipinski definition) is 2. The Morgan fingerprint density at radius 3 is 1.68 bits per heavy atom. The average molecular weight is 520 g/mol. The third-order valence-corrected chi connectivity index (χ3v) is 8.96. The number of fused-ring (bicyclic) bond motifs is 18. The van der Waals surface area contributed by atoms with Crippen molar-refractivity contribution in [2.24, 2.45) is 0 Å². The molecule has 0 amide bonds. The SMILES string of the molecule is c1ccc2c(c1)ccc1ccc(-c3nc4c5ccccc5c5ccccc5c4c4c5oc(c6ccccc65)c34)cc12. The molecule has 0 saturated carbocycles. The lowest BCUT2D eigenvalue weighted by Crippen LogP contribution is -1.93. The molecular formula is C39H21NO. The zero-order valence-corrected chi connectivity index (χ0v) is 22.0. The monoisotopic (exact) mass is 519 g/mol. The number of hydrogen-bond donors (Lipinski definition) is 0. The van der Waals surface area contributed by atoms with Gasteiger partial charge < -0.3 is 4.42 Å². The van der Waals surface area contributed by atoms with Gasteiger partial charge in [0.25, 0.3) is 0 Å². The summed E-state index contributed by atoms with van der Waals surface area (Å²) in [5, 5.41) is 15.6. The summed E-state index contributed by atoms with van der Waals surface area (Å²) in [7, 11) is 0. The van der Waals surface area contributed by atoms with E-state index >= 15 is 0 Å². The van der Waals surface area contributed by atoms with Crippen molar-refractivity contribution in [2.45, 2.75) is 0 Å². The van der Waals surface area contributed by atoms with Gasteiger partial charge in [-0.15, -0.1) is 0 Å². The van der Waals surface area contributed by atoms with Crippen LogP contribution in [0.2, 0.25) is 0 Å². The fourth-order valence-electron chi connectivity index (χ4n) is 7.17. The molecule has 0 aliphatic heterocycles. The molecule has 188 valence electrons. The molecule has 10 aromatic rings. The molecule has 0 aliphatic carbocycles. The van der Waals surface area contributed by atoms with Gasteiger partial charge in [-0.25, -0.2) is 4.98 Å². The van der Waals surface area contributed by atoms with Gasteiger partial charge in [-0.05, 0) is 43.8 Å². The zero-order chi connectivity index (χ0) is 26.7. The highest BCUT2D eigenvalue weighted by Crippen LogP contribution is 2.49. The van der Waals surface area contributed by atoms with E-state index in [1.54, 1.807) is 0 Å². The van der Waals surface area contributed by atoms with Gasteiger partial charge in [0.15, 0.2) is 0 Å². The van der Waals surface area contributed by atoms with Crippen molar-refractivity contribution in [3.8, 4) is 11.3 Å². The highest BCUT2D eigenvalue weighted by molar-refractivity contribution is 6.40. The number of benzene rings is 8. The van der Waals surface area contributed by atoms with Crippen molar-refractivity contribution >= 4 is 86.7 Å². The van der Waals surface area contributed by atoms with E-state index in [2.05, 4.69) is 127 Å². The Morgan fingerprint density at radius 2 is 0.927 bits per heavy atom. The number of furan rings is 2. The second-order valence-electron chi connectivity index (χ2n) is 11.1. The van der Waals surface area contributed by atoms with Crippen LogP contribution in [0.3, 0.4) is 0 Å². The molecule has 41 heavy (non-hydrogen) atoms. The first-order valence-electron chi connectivity index (χ1n) is 14.1. The van der Waals surface area contributed by atoms with E-state index in [4.69, 9.17) is 9.40 Å². The quantitative estimate of drug-likeness (QED) is 0.159. The first kappa shape index (κ1) is 21.4. The molecule has 0 spiro atoms. The Morgan fingerprint density at radius 1 is 0.390 bits per heavy atom. The molecular weight excluding hydrogens is 498 g/mol. The van der Waals surface area contributed by atoms with Crippen LogP contribution in [0.25, 0.3) is 98.0 Å². The lowest BCUT2D eigenvalue weighted by molar-refractivity contribution is 0.682.